The van der Waals surface area contributed by atoms with E-state index >= 15 is 0 Å². The minimum Gasteiger partial charge on any atom is -0.480 e. The molecule has 0 aromatic heterocycles. The van der Waals surface area contributed by atoms with Crippen molar-refractivity contribution in [3.8, 4) is 0 Å². The van der Waals surface area contributed by atoms with Gasteiger partial charge >= 0.3 is 5.97 Å². The number of anilines is 1. The summed E-state index contributed by atoms with van der Waals surface area (Å²) in [6.07, 6.45) is -0.0410. The van der Waals surface area contributed by atoms with Crippen molar-refractivity contribution in [3.63, 3.8) is 0 Å². The molecule has 0 bridgehead atoms. The van der Waals surface area contributed by atoms with Crippen molar-refractivity contribution in [2.75, 3.05) is 19.0 Å². The zero-order valence-electron chi connectivity index (χ0n) is 14.8. The van der Waals surface area contributed by atoms with Gasteiger partial charge < -0.3 is 20.1 Å². The highest BCUT2D eigenvalue weighted by molar-refractivity contribution is 6.05. The lowest BCUT2D eigenvalue weighted by Gasteiger charge is -2.21. The first kappa shape index (κ1) is 18.6. The largest absolute Gasteiger partial charge is 0.480 e. The van der Waals surface area contributed by atoms with Gasteiger partial charge in [0.1, 0.15) is 6.04 Å². The van der Waals surface area contributed by atoms with E-state index in [4.69, 9.17) is 4.74 Å². The Morgan fingerprint density at radius 2 is 1.67 bits per heavy atom. The summed E-state index contributed by atoms with van der Waals surface area (Å²) >= 11 is 0. The normalized spacial score (nSPS) is 18.9. The first-order valence-corrected chi connectivity index (χ1v) is 8.52. The third-order valence-corrected chi connectivity index (χ3v) is 4.57. The molecule has 140 valence electrons. The lowest BCUT2D eigenvalue weighted by molar-refractivity contribution is -0.141. The van der Waals surface area contributed by atoms with Gasteiger partial charge in [-0.25, -0.2) is 4.79 Å². The number of para-hydroxylation sites is 1. The van der Waals surface area contributed by atoms with Crippen LogP contribution in [0.15, 0.2) is 54.6 Å². The molecule has 27 heavy (non-hydrogen) atoms. The van der Waals surface area contributed by atoms with Crippen LogP contribution in [0.3, 0.4) is 0 Å². The SMILES string of the molecule is COC1CC(C(=O)O)N(C(=O)c2ccc(C(=O)Nc3ccccc3)cc2)C1. The Morgan fingerprint density at radius 1 is 1.04 bits per heavy atom. The van der Waals surface area contributed by atoms with Crippen LogP contribution in [0.25, 0.3) is 0 Å². The van der Waals surface area contributed by atoms with Gasteiger partial charge in [0, 0.05) is 36.9 Å². The number of aliphatic carboxylic acids is 1. The molecule has 2 atom stereocenters. The predicted octanol–water partition coefficient (Wildman–Crippen LogP) is 2.25. The van der Waals surface area contributed by atoms with Crippen LogP contribution >= 0.6 is 0 Å². The van der Waals surface area contributed by atoms with Gasteiger partial charge in [0.05, 0.1) is 6.10 Å². The van der Waals surface area contributed by atoms with Gasteiger partial charge in [-0.2, -0.15) is 0 Å². The van der Waals surface area contributed by atoms with Crippen molar-refractivity contribution in [2.24, 2.45) is 0 Å². The molecule has 0 saturated carbocycles. The fourth-order valence-electron chi connectivity index (χ4n) is 3.08. The van der Waals surface area contributed by atoms with Gasteiger partial charge in [-0.3, -0.25) is 9.59 Å². The number of rotatable bonds is 5. The molecule has 2 amide bonds. The summed E-state index contributed by atoms with van der Waals surface area (Å²) in [6, 6.07) is 14.3. The number of likely N-dealkylation sites (tertiary alicyclic amines) is 1. The molecule has 2 N–H and O–H groups in total. The summed E-state index contributed by atoms with van der Waals surface area (Å²) in [6.45, 7) is 0.225. The van der Waals surface area contributed by atoms with Crippen molar-refractivity contribution in [1.82, 2.24) is 4.90 Å². The lowest BCUT2D eigenvalue weighted by Crippen LogP contribution is -2.40. The number of amides is 2. The van der Waals surface area contributed by atoms with Crippen LogP contribution in [-0.4, -0.2) is 53.6 Å². The third kappa shape index (κ3) is 4.15. The van der Waals surface area contributed by atoms with Crippen LogP contribution in [0.2, 0.25) is 0 Å². The first-order chi connectivity index (χ1) is 13.0. The highest BCUT2D eigenvalue weighted by Gasteiger charge is 2.40. The quantitative estimate of drug-likeness (QED) is 0.844. The molecule has 0 aliphatic carbocycles. The number of nitrogens with zero attached hydrogens (tertiary/aromatic N) is 1. The van der Waals surface area contributed by atoms with Crippen molar-refractivity contribution < 1.29 is 24.2 Å². The molecular formula is C20H20N2O5. The Labute approximate surface area is 156 Å². The number of hydrogen-bond donors (Lipinski definition) is 2. The van der Waals surface area contributed by atoms with E-state index in [1.807, 2.05) is 18.2 Å². The van der Waals surface area contributed by atoms with Crippen LogP contribution < -0.4 is 5.32 Å². The number of carbonyl (C=O) groups is 3. The Hall–Kier alpha value is -3.19. The van der Waals surface area contributed by atoms with Gasteiger partial charge in [-0.1, -0.05) is 18.2 Å². The van der Waals surface area contributed by atoms with Crippen molar-refractivity contribution >= 4 is 23.5 Å². The van der Waals surface area contributed by atoms with Gasteiger partial charge in [0.2, 0.25) is 0 Å². The van der Waals surface area contributed by atoms with Crippen LogP contribution in [0.1, 0.15) is 27.1 Å². The van der Waals surface area contributed by atoms with E-state index in [0.29, 0.717) is 16.8 Å². The molecule has 1 saturated heterocycles. The molecule has 1 aliphatic rings. The fraction of sp³-hybridized carbons (Fsp3) is 0.250. The number of methoxy groups -OCH3 is 1. The van der Waals surface area contributed by atoms with E-state index in [2.05, 4.69) is 5.32 Å². The zero-order chi connectivity index (χ0) is 19.4. The molecule has 2 aromatic rings. The van der Waals surface area contributed by atoms with E-state index in [9.17, 15) is 19.5 Å². The topological polar surface area (TPSA) is 95.9 Å². The van der Waals surface area contributed by atoms with E-state index in [-0.39, 0.29) is 25.0 Å². The summed E-state index contributed by atoms with van der Waals surface area (Å²) in [5.74, 6) is -1.73. The molecule has 7 nitrogen and oxygen atoms in total. The summed E-state index contributed by atoms with van der Waals surface area (Å²) in [5.41, 5.74) is 1.41. The molecule has 0 radical (unpaired) electrons. The summed E-state index contributed by atoms with van der Waals surface area (Å²) in [5, 5.41) is 12.1. The number of hydrogen-bond acceptors (Lipinski definition) is 4. The van der Waals surface area contributed by atoms with Gasteiger partial charge in [0.15, 0.2) is 0 Å². The number of carboxylic acid groups (broad SMARTS) is 1. The minimum atomic E-state index is -1.05. The van der Waals surface area contributed by atoms with Crippen molar-refractivity contribution in [3.05, 3.63) is 65.7 Å². The van der Waals surface area contributed by atoms with E-state index < -0.39 is 17.9 Å². The molecule has 2 unspecified atom stereocenters. The standard InChI is InChI=1S/C20H20N2O5/c1-27-16-11-17(20(25)26)22(12-16)19(24)14-9-7-13(8-10-14)18(23)21-15-5-3-2-4-6-15/h2-10,16-17H,11-12H2,1H3,(H,21,23)(H,25,26). The number of ether oxygens (including phenoxy) is 1. The second kappa shape index (κ2) is 8.01. The van der Waals surface area contributed by atoms with Crippen LogP contribution in [0.4, 0.5) is 5.69 Å². The van der Waals surface area contributed by atoms with Crippen molar-refractivity contribution in [2.45, 2.75) is 18.6 Å². The molecule has 1 fully saturated rings. The van der Waals surface area contributed by atoms with E-state index in [1.54, 1.807) is 24.3 Å². The number of nitrogens with one attached hydrogen (secondary N) is 1. The maximum Gasteiger partial charge on any atom is 0.326 e. The average molecular weight is 368 g/mol. The van der Waals surface area contributed by atoms with E-state index in [0.717, 1.165) is 0 Å². The first-order valence-electron chi connectivity index (χ1n) is 8.52. The summed E-state index contributed by atoms with van der Waals surface area (Å²) in [7, 11) is 1.50. The Kier molecular flexibility index (Phi) is 5.52. The number of benzene rings is 2. The second-order valence-electron chi connectivity index (χ2n) is 6.30. The van der Waals surface area contributed by atoms with Crippen LogP contribution in [-0.2, 0) is 9.53 Å². The molecule has 7 heteroatoms. The average Bonchev–Trinajstić information content (AvgIpc) is 3.13. The van der Waals surface area contributed by atoms with E-state index in [1.165, 1.54) is 24.1 Å². The zero-order valence-corrected chi connectivity index (χ0v) is 14.8. The van der Waals surface area contributed by atoms with Gasteiger partial charge in [0.25, 0.3) is 11.8 Å². The maximum absolute atomic E-state index is 12.7. The molecule has 3 rings (SSSR count). The van der Waals surface area contributed by atoms with Gasteiger partial charge in [-0.05, 0) is 36.4 Å². The molecule has 1 aliphatic heterocycles. The van der Waals surface area contributed by atoms with Gasteiger partial charge in [-0.15, -0.1) is 0 Å². The monoisotopic (exact) mass is 368 g/mol. The Morgan fingerprint density at radius 3 is 2.26 bits per heavy atom. The summed E-state index contributed by atoms with van der Waals surface area (Å²) < 4.78 is 5.20. The van der Waals surface area contributed by atoms with Crippen LogP contribution in [0, 0.1) is 0 Å². The second-order valence-corrected chi connectivity index (χ2v) is 6.30. The lowest BCUT2D eigenvalue weighted by atomic mass is 10.1. The summed E-state index contributed by atoms with van der Waals surface area (Å²) in [4.78, 5) is 37.7. The minimum absolute atomic E-state index is 0.225. The van der Waals surface area contributed by atoms with Crippen LogP contribution in [0.5, 0.6) is 0 Å². The molecule has 1 heterocycles. The molecule has 0 spiro atoms. The third-order valence-electron chi connectivity index (χ3n) is 4.57. The predicted molar refractivity (Wildman–Crippen MR) is 98.7 cm³/mol. The maximum atomic E-state index is 12.7. The smallest absolute Gasteiger partial charge is 0.326 e. The molecule has 2 aromatic carbocycles. The molecular weight excluding hydrogens is 348 g/mol. The highest BCUT2D eigenvalue weighted by atomic mass is 16.5. The highest BCUT2D eigenvalue weighted by Crippen LogP contribution is 2.23. The number of carboxylic acids is 1. The Balaban J connectivity index is 1.72. The van der Waals surface area contributed by atoms with Crippen molar-refractivity contribution in [1.29, 1.82) is 0 Å². The number of carbonyl (C=O) groups excluding carboxylic acids is 2. The fourth-order valence-corrected chi connectivity index (χ4v) is 3.08. The Bertz CT molecular complexity index is 835.